The standard InChI is InChI=1S/C54H97NO8/c1-3-5-7-9-11-13-15-17-19-20-21-22-23-24-25-26-27-28-30-32-34-36-38-40-42-44-50(58)55-47(46-62-54-53(61)52(60)51(59)49(45-56)63-54)48(57)43-41-39-37-35-33-31-29-18-16-14-12-10-8-6-4-2/h5,7,11,13,17,19,21-22,41,43,47-49,51-54,56-57,59-61H,3-4,6,8-10,12,14-16,18,20,23-40,42,44-46H2,1-2H3,(H,55,58)/b7-5-,13-11-,19-17-,22-21-,43-41+. The maximum absolute atomic E-state index is 13.0. The third-order valence-corrected chi connectivity index (χ3v) is 12.1. The van der Waals surface area contributed by atoms with Gasteiger partial charge in [-0.3, -0.25) is 4.79 Å². The minimum Gasteiger partial charge on any atom is -0.394 e. The normalized spacial score (nSPS) is 20.7. The van der Waals surface area contributed by atoms with Crippen LogP contribution in [-0.4, -0.2) is 87.5 Å². The molecule has 9 nitrogen and oxygen atoms in total. The summed E-state index contributed by atoms with van der Waals surface area (Å²) in [5.74, 6) is -0.181. The molecule has 0 saturated carbocycles. The zero-order valence-electron chi connectivity index (χ0n) is 40.3. The fourth-order valence-electron chi connectivity index (χ4n) is 7.97. The highest BCUT2D eigenvalue weighted by atomic mass is 16.7. The van der Waals surface area contributed by atoms with Gasteiger partial charge in [-0.2, -0.15) is 0 Å². The van der Waals surface area contributed by atoms with Crippen molar-refractivity contribution >= 4 is 5.91 Å². The van der Waals surface area contributed by atoms with Crippen molar-refractivity contribution < 1.29 is 39.8 Å². The molecule has 0 radical (unpaired) electrons. The smallest absolute Gasteiger partial charge is 0.220 e. The van der Waals surface area contributed by atoms with E-state index in [1.54, 1.807) is 6.08 Å². The predicted molar refractivity (Wildman–Crippen MR) is 262 cm³/mol. The van der Waals surface area contributed by atoms with Gasteiger partial charge in [0.25, 0.3) is 0 Å². The maximum atomic E-state index is 13.0. The second kappa shape index (κ2) is 43.8. The minimum atomic E-state index is -1.57. The number of allylic oxidation sites excluding steroid dienone is 9. The maximum Gasteiger partial charge on any atom is 0.220 e. The number of ether oxygens (including phenoxy) is 2. The lowest BCUT2D eigenvalue weighted by Crippen LogP contribution is -2.60. The van der Waals surface area contributed by atoms with E-state index in [2.05, 4.69) is 67.8 Å². The van der Waals surface area contributed by atoms with Crippen LogP contribution in [0.15, 0.2) is 60.8 Å². The summed E-state index contributed by atoms with van der Waals surface area (Å²) >= 11 is 0. The molecule has 1 aliphatic rings. The second-order valence-corrected chi connectivity index (χ2v) is 17.9. The van der Waals surface area contributed by atoms with Crippen molar-refractivity contribution in [2.75, 3.05) is 13.2 Å². The molecule has 0 aromatic carbocycles. The van der Waals surface area contributed by atoms with Crippen molar-refractivity contribution in [3.63, 3.8) is 0 Å². The van der Waals surface area contributed by atoms with Gasteiger partial charge in [-0.1, -0.05) is 216 Å². The molecule has 6 N–H and O–H groups in total. The molecule has 0 spiro atoms. The first-order valence-corrected chi connectivity index (χ1v) is 26.0. The molecule has 63 heavy (non-hydrogen) atoms. The van der Waals surface area contributed by atoms with Gasteiger partial charge in [-0.15, -0.1) is 0 Å². The molecule has 1 amide bonds. The van der Waals surface area contributed by atoms with Gasteiger partial charge in [-0.05, 0) is 57.8 Å². The topological polar surface area (TPSA) is 149 Å². The number of rotatable bonds is 43. The third-order valence-electron chi connectivity index (χ3n) is 12.1. The van der Waals surface area contributed by atoms with Gasteiger partial charge < -0.3 is 40.3 Å². The molecule has 1 aliphatic heterocycles. The highest BCUT2D eigenvalue weighted by Crippen LogP contribution is 2.23. The largest absolute Gasteiger partial charge is 0.394 e. The average molecular weight is 888 g/mol. The number of unbranched alkanes of at least 4 members (excludes halogenated alkanes) is 25. The van der Waals surface area contributed by atoms with E-state index in [-0.39, 0.29) is 12.5 Å². The lowest BCUT2D eigenvalue weighted by atomic mass is 9.99. The van der Waals surface area contributed by atoms with Crippen molar-refractivity contribution in [3.8, 4) is 0 Å². The lowest BCUT2D eigenvalue weighted by molar-refractivity contribution is -0.302. The van der Waals surface area contributed by atoms with E-state index in [4.69, 9.17) is 9.47 Å². The van der Waals surface area contributed by atoms with E-state index in [1.807, 2.05) is 6.08 Å². The van der Waals surface area contributed by atoms with Gasteiger partial charge in [0, 0.05) is 6.42 Å². The Morgan fingerprint density at radius 3 is 1.46 bits per heavy atom. The van der Waals surface area contributed by atoms with Crippen LogP contribution in [0.5, 0.6) is 0 Å². The van der Waals surface area contributed by atoms with E-state index < -0.39 is 49.5 Å². The molecule has 0 aliphatic carbocycles. The molecule has 7 unspecified atom stereocenters. The number of amides is 1. The number of nitrogens with one attached hydrogen (secondary N) is 1. The minimum absolute atomic E-state index is 0.181. The van der Waals surface area contributed by atoms with E-state index in [1.165, 1.54) is 135 Å². The zero-order chi connectivity index (χ0) is 45.9. The summed E-state index contributed by atoms with van der Waals surface area (Å²) in [4.78, 5) is 13.0. The van der Waals surface area contributed by atoms with Crippen LogP contribution in [0.4, 0.5) is 0 Å². The SMILES string of the molecule is CC/C=C\C/C=C\C/C=C\C/C=C\CCCCCCCCCCCCCCC(=O)NC(COC1OC(CO)C(O)C(O)C1O)C(O)/C=C/CCCCCCCCCCCCCCC. The predicted octanol–water partition coefficient (Wildman–Crippen LogP) is 12.0. The zero-order valence-corrected chi connectivity index (χ0v) is 40.3. The number of aliphatic hydroxyl groups excluding tert-OH is 5. The third kappa shape index (κ3) is 33.9. The fourth-order valence-corrected chi connectivity index (χ4v) is 7.97. The van der Waals surface area contributed by atoms with E-state index in [9.17, 15) is 30.3 Å². The quantitative estimate of drug-likeness (QED) is 0.0262. The van der Waals surface area contributed by atoms with E-state index in [0.717, 1.165) is 64.2 Å². The van der Waals surface area contributed by atoms with Crippen molar-refractivity contribution in [1.82, 2.24) is 5.32 Å². The average Bonchev–Trinajstić information content (AvgIpc) is 3.28. The number of carbonyl (C=O) groups is 1. The summed E-state index contributed by atoms with van der Waals surface area (Å²) < 4.78 is 11.2. The Morgan fingerprint density at radius 1 is 0.556 bits per heavy atom. The summed E-state index contributed by atoms with van der Waals surface area (Å²) in [5.41, 5.74) is 0. The van der Waals surface area contributed by atoms with Gasteiger partial charge in [0.05, 0.1) is 25.4 Å². The van der Waals surface area contributed by atoms with Gasteiger partial charge in [-0.25, -0.2) is 0 Å². The van der Waals surface area contributed by atoms with Crippen LogP contribution < -0.4 is 5.32 Å². The van der Waals surface area contributed by atoms with Crippen LogP contribution in [0, 0.1) is 0 Å². The van der Waals surface area contributed by atoms with Crippen molar-refractivity contribution in [2.24, 2.45) is 0 Å². The second-order valence-electron chi connectivity index (χ2n) is 17.9. The molecule has 1 fully saturated rings. The fraction of sp³-hybridized carbons (Fsp3) is 0.796. The Kier molecular flexibility index (Phi) is 40.9. The Balaban J connectivity index is 2.25. The monoisotopic (exact) mass is 888 g/mol. The molecule has 0 aromatic rings. The number of aliphatic hydroxyl groups is 5. The summed E-state index contributed by atoms with van der Waals surface area (Å²) in [5, 5.41) is 54.3. The van der Waals surface area contributed by atoms with E-state index >= 15 is 0 Å². The van der Waals surface area contributed by atoms with Gasteiger partial charge >= 0.3 is 0 Å². The molecule has 1 rings (SSSR count). The molecular formula is C54H97NO8. The Bertz CT molecular complexity index is 1170. The Hall–Kier alpha value is -2.11. The molecule has 1 saturated heterocycles. The summed E-state index contributed by atoms with van der Waals surface area (Å²) in [6.45, 7) is 3.66. The first-order valence-electron chi connectivity index (χ1n) is 26.0. The van der Waals surface area contributed by atoms with Gasteiger partial charge in [0.15, 0.2) is 6.29 Å². The molecule has 366 valence electrons. The lowest BCUT2D eigenvalue weighted by Gasteiger charge is -2.40. The van der Waals surface area contributed by atoms with Crippen LogP contribution in [-0.2, 0) is 14.3 Å². The van der Waals surface area contributed by atoms with Crippen molar-refractivity contribution in [1.29, 1.82) is 0 Å². The summed E-state index contributed by atoms with van der Waals surface area (Å²) in [6.07, 6.45) is 51.2. The molecule has 7 atom stereocenters. The molecule has 9 heteroatoms. The van der Waals surface area contributed by atoms with Crippen LogP contribution in [0.2, 0.25) is 0 Å². The first kappa shape index (κ1) is 58.9. The highest BCUT2D eigenvalue weighted by molar-refractivity contribution is 5.76. The molecule has 0 aromatic heterocycles. The molecule has 0 bridgehead atoms. The van der Waals surface area contributed by atoms with Crippen LogP contribution in [0.3, 0.4) is 0 Å². The molecular weight excluding hydrogens is 791 g/mol. The van der Waals surface area contributed by atoms with Crippen molar-refractivity contribution in [2.45, 2.75) is 262 Å². The highest BCUT2D eigenvalue weighted by Gasteiger charge is 2.44. The van der Waals surface area contributed by atoms with Crippen LogP contribution in [0.25, 0.3) is 0 Å². The Morgan fingerprint density at radius 2 is 0.984 bits per heavy atom. The van der Waals surface area contributed by atoms with E-state index in [0.29, 0.717) is 6.42 Å². The summed E-state index contributed by atoms with van der Waals surface area (Å²) in [7, 11) is 0. The van der Waals surface area contributed by atoms with Crippen LogP contribution in [0.1, 0.15) is 219 Å². The van der Waals surface area contributed by atoms with Crippen LogP contribution >= 0.6 is 0 Å². The number of hydrogen-bond acceptors (Lipinski definition) is 8. The summed E-state index contributed by atoms with van der Waals surface area (Å²) in [6, 6.07) is -0.807. The Labute approximate surface area is 386 Å². The number of hydrogen-bond donors (Lipinski definition) is 6. The molecule has 1 heterocycles. The van der Waals surface area contributed by atoms with Gasteiger partial charge in [0.1, 0.15) is 24.4 Å². The number of carbonyl (C=O) groups excluding carboxylic acids is 1. The first-order chi connectivity index (χ1) is 30.8. The van der Waals surface area contributed by atoms with Gasteiger partial charge in [0.2, 0.25) is 5.91 Å². The van der Waals surface area contributed by atoms with Crippen molar-refractivity contribution in [3.05, 3.63) is 60.8 Å².